The van der Waals surface area contributed by atoms with Crippen LogP contribution in [0.4, 0.5) is 13.2 Å². The topological polar surface area (TPSA) is 78.0 Å². The highest BCUT2D eigenvalue weighted by molar-refractivity contribution is 7.89. The zero-order valence-electron chi connectivity index (χ0n) is 13.1. The number of primary sulfonamides is 1. The maximum Gasteiger partial charge on any atom is 0.433 e. The van der Waals surface area contributed by atoms with Crippen molar-refractivity contribution >= 4 is 21.6 Å². The fourth-order valence-electron chi connectivity index (χ4n) is 1.92. The van der Waals surface area contributed by atoms with Crippen molar-refractivity contribution in [3.63, 3.8) is 0 Å². The number of nitrogens with zero attached hydrogens (tertiary/aromatic N) is 2. The molecule has 3 rings (SSSR count). The van der Waals surface area contributed by atoms with Crippen molar-refractivity contribution in [3.05, 3.63) is 77.6 Å². The molecule has 138 valence electrons. The number of rotatable bonds is 2. The van der Waals surface area contributed by atoms with Crippen LogP contribution < -0.4 is 5.14 Å². The first-order valence-electron chi connectivity index (χ1n) is 7.04. The van der Waals surface area contributed by atoms with Crippen molar-refractivity contribution in [1.82, 2.24) is 9.78 Å². The minimum atomic E-state index is -4.55. The van der Waals surface area contributed by atoms with Crippen LogP contribution in [0.2, 0.25) is 5.02 Å². The van der Waals surface area contributed by atoms with E-state index in [0.29, 0.717) is 4.68 Å². The van der Waals surface area contributed by atoms with E-state index in [4.69, 9.17) is 16.7 Å². The molecule has 0 saturated carbocycles. The molecule has 0 aliphatic heterocycles. The number of benzene rings is 2. The van der Waals surface area contributed by atoms with Gasteiger partial charge in [-0.1, -0.05) is 29.8 Å². The summed E-state index contributed by atoms with van der Waals surface area (Å²) in [6.45, 7) is 0. The lowest BCUT2D eigenvalue weighted by molar-refractivity contribution is -0.142. The Hall–Kier alpha value is -2.36. The quantitative estimate of drug-likeness (QED) is 0.705. The largest absolute Gasteiger partial charge is 0.433 e. The summed E-state index contributed by atoms with van der Waals surface area (Å²) in [5, 5.41) is 9.25. The molecule has 0 aliphatic rings. The van der Waals surface area contributed by atoms with Gasteiger partial charge in [-0.05, 0) is 42.5 Å². The maximum atomic E-state index is 12.7. The van der Waals surface area contributed by atoms with Gasteiger partial charge in [-0.15, -0.1) is 0 Å². The van der Waals surface area contributed by atoms with Crippen LogP contribution in [0.5, 0.6) is 0 Å². The summed E-state index contributed by atoms with van der Waals surface area (Å²) < 4.78 is 60.7. The molecule has 5 nitrogen and oxygen atoms in total. The molecule has 3 aromatic rings. The number of hydrogen-bond donors (Lipinski definition) is 1. The van der Waals surface area contributed by atoms with Gasteiger partial charge in [0.2, 0.25) is 10.0 Å². The predicted octanol–water partition coefficient (Wildman–Crippen LogP) is 3.88. The van der Waals surface area contributed by atoms with Crippen LogP contribution in [0, 0.1) is 0 Å². The Morgan fingerprint density at radius 2 is 1.54 bits per heavy atom. The van der Waals surface area contributed by atoms with Crippen molar-refractivity contribution in [2.75, 3.05) is 0 Å². The molecule has 0 spiro atoms. The summed E-state index contributed by atoms with van der Waals surface area (Å²) in [4.78, 5) is -0.183. The second-order valence-corrected chi connectivity index (χ2v) is 6.96. The van der Waals surface area contributed by atoms with E-state index in [0.717, 1.165) is 29.4 Å². The van der Waals surface area contributed by atoms with Crippen LogP contribution in [0.1, 0.15) is 5.69 Å². The first-order valence-corrected chi connectivity index (χ1v) is 8.96. The van der Waals surface area contributed by atoms with Gasteiger partial charge in [0, 0.05) is 5.02 Å². The Morgan fingerprint density at radius 1 is 0.962 bits per heavy atom. The average molecular weight is 404 g/mol. The van der Waals surface area contributed by atoms with E-state index in [1.54, 1.807) is 0 Å². The third kappa shape index (κ3) is 5.32. The van der Waals surface area contributed by atoms with Gasteiger partial charge < -0.3 is 0 Å². The fourth-order valence-corrected chi connectivity index (χ4v) is 2.58. The Kier molecular flexibility index (Phi) is 6.06. The van der Waals surface area contributed by atoms with Gasteiger partial charge in [-0.3, -0.25) is 0 Å². The summed E-state index contributed by atoms with van der Waals surface area (Å²) in [7, 11) is -3.88. The van der Waals surface area contributed by atoms with Crippen molar-refractivity contribution in [2.24, 2.45) is 5.14 Å². The molecule has 2 aromatic carbocycles. The van der Waals surface area contributed by atoms with Gasteiger partial charge in [0.1, 0.15) is 5.69 Å². The van der Waals surface area contributed by atoms with Crippen LogP contribution in [-0.4, -0.2) is 18.2 Å². The number of aromatic nitrogens is 2. The Bertz CT molecular complexity index is 956. The highest BCUT2D eigenvalue weighted by atomic mass is 35.5. The van der Waals surface area contributed by atoms with Crippen molar-refractivity contribution in [2.45, 2.75) is 11.1 Å². The monoisotopic (exact) mass is 403 g/mol. The third-order valence-corrected chi connectivity index (χ3v) is 4.26. The van der Waals surface area contributed by atoms with E-state index in [1.165, 1.54) is 12.1 Å². The molecule has 0 bridgehead atoms. The summed E-state index contributed by atoms with van der Waals surface area (Å²) in [5.41, 5.74) is -0.861. The average Bonchev–Trinajstić information content (AvgIpc) is 3.05. The van der Waals surface area contributed by atoms with E-state index in [9.17, 15) is 21.6 Å². The lowest BCUT2D eigenvalue weighted by Crippen LogP contribution is -2.14. The molecule has 0 fully saturated rings. The smallest absolute Gasteiger partial charge is 0.229 e. The lowest BCUT2D eigenvalue weighted by Gasteiger charge is -2.10. The van der Waals surface area contributed by atoms with Crippen LogP contribution in [0.3, 0.4) is 0 Å². The number of halogens is 4. The Labute approximate surface area is 152 Å². The predicted molar refractivity (Wildman–Crippen MR) is 91.4 cm³/mol. The second-order valence-electron chi connectivity index (χ2n) is 4.96. The lowest BCUT2D eigenvalue weighted by atomic mass is 10.3. The first kappa shape index (κ1) is 20.0. The van der Waals surface area contributed by atoms with Crippen LogP contribution in [-0.2, 0) is 16.2 Å². The van der Waals surface area contributed by atoms with E-state index in [1.807, 2.05) is 30.3 Å². The summed E-state index contributed by atoms with van der Waals surface area (Å²) in [6, 6.07) is 14.9. The van der Waals surface area contributed by atoms with E-state index < -0.39 is 21.9 Å². The van der Waals surface area contributed by atoms with E-state index in [2.05, 4.69) is 5.10 Å². The molecule has 0 saturated heterocycles. The number of sulfonamides is 1. The minimum Gasteiger partial charge on any atom is -0.229 e. The first-order chi connectivity index (χ1) is 12.1. The molecule has 26 heavy (non-hydrogen) atoms. The van der Waals surface area contributed by atoms with Gasteiger partial charge in [-0.25, -0.2) is 18.2 Å². The molecule has 0 amide bonds. The molecule has 0 atom stereocenters. The molecule has 0 aliphatic carbocycles. The Morgan fingerprint density at radius 3 is 1.96 bits per heavy atom. The SMILES string of the molecule is Clc1ccccc1.NS(=O)(=O)c1ccc(-n2nccc2C(F)(F)F)cc1. The van der Waals surface area contributed by atoms with E-state index >= 15 is 0 Å². The summed E-state index contributed by atoms with van der Waals surface area (Å²) in [6.07, 6.45) is -3.54. The van der Waals surface area contributed by atoms with E-state index in [-0.39, 0.29) is 10.6 Å². The van der Waals surface area contributed by atoms with Gasteiger partial charge in [0.05, 0.1) is 16.8 Å². The third-order valence-electron chi connectivity index (χ3n) is 3.08. The molecule has 1 aromatic heterocycles. The van der Waals surface area contributed by atoms with Crippen molar-refractivity contribution < 1.29 is 21.6 Å². The minimum absolute atomic E-state index is 0.0877. The van der Waals surface area contributed by atoms with Crippen LogP contribution in [0.15, 0.2) is 71.8 Å². The standard InChI is InChI=1S/C10H8F3N3O2S.C6H5Cl/c11-10(12,13)9-5-6-15-16(9)7-1-3-8(4-2-7)19(14,17)18;7-6-4-2-1-3-5-6/h1-6H,(H2,14,17,18);1-5H. The number of alkyl halides is 3. The highest BCUT2D eigenvalue weighted by Gasteiger charge is 2.35. The molecular formula is C16H13ClF3N3O2S. The summed E-state index contributed by atoms with van der Waals surface area (Å²) in [5.74, 6) is 0. The van der Waals surface area contributed by atoms with Crippen molar-refractivity contribution in [3.8, 4) is 5.69 Å². The Balaban J connectivity index is 0.000000290. The van der Waals surface area contributed by atoms with Crippen LogP contribution in [0.25, 0.3) is 5.69 Å². The normalized spacial score (nSPS) is 11.6. The zero-order valence-corrected chi connectivity index (χ0v) is 14.6. The molecular weight excluding hydrogens is 391 g/mol. The van der Waals surface area contributed by atoms with Crippen molar-refractivity contribution in [1.29, 1.82) is 0 Å². The number of nitrogens with two attached hydrogens (primary N) is 1. The fraction of sp³-hybridized carbons (Fsp3) is 0.0625. The van der Waals surface area contributed by atoms with Gasteiger partial charge >= 0.3 is 6.18 Å². The highest BCUT2D eigenvalue weighted by Crippen LogP contribution is 2.30. The zero-order chi connectivity index (χ0) is 19.4. The van der Waals surface area contributed by atoms with Crippen LogP contribution >= 0.6 is 11.6 Å². The molecule has 0 radical (unpaired) electrons. The second kappa shape index (κ2) is 7.90. The summed E-state index contributed by atoms with van der Waals surface area (Å²) >= 11 is 5.54. The molecule has 1 heterocycles. The van der Waals surface area contributed by atoms with Gasteiger partial charge in [0.25, 0.3) is 0 Å². The molecule has 0 unspecified atom stereocenters. The maximum absolute atomic E-state index is 12.7. The van der Waals surface area contributed by atoms with Gasteiger partial charge in [0.15, 0.2) is 0 Å². The number of hydrogen-bond acceptors (Lipinski definition) is 3. The molecule has 2 N–H and O–H groups in total. The van der Waals surface area contributed by atoms with Gasteiger partial charge in [-0.2, -0.15) is 18.3 Å². The molecule has 10 heteroatoms.